The Morgan fingerprint density at radius 2 is 2.14 bits per heavy atom. The lowest BCUT2D eigenvalue weighted by atomic mass is 10.1. The van der Waals surface area contributed by atoms with Crippen molar-refractivity contribution in [2.75, 3.05) is 7.11 Å². The Morgan fingerprint density at radius 1 is 1.43 bits per heavy atom. The summed E-state index contributed by atoms with van der Waals surface area (Å²) in [7, 11) is 1.17. The van der Waals surface area contributed by atoms with Crippen LogP contribution in [0.2, 0.25) is 0 Å². The second-order valence-corrected chi connectivity index (χ2v) is 4.99. The van der Waals surface area contributed by atoms with E-state index in [0.29, 0.717) is 10.7 Å². The van der Waals surface area contributed by atoms with E-state index in [1.54, 1.807) is 0 Å². The van der Waals surface area contributed by atoms with Crippen LogP contribution in [0.25, 0.3) is 10.6 Å². The van der Waals surface area contributed by atoms with Crippen molar-refractivity contribution in [2.24, 2.45) is 0 Å². The standard InChI is InChI=1S/C13H10F3NO3S/c1-20-10-3-2-7(4-9(10)13(14,15)16)12-17-8(6-21-12)5-11(18)19/h2-4,6H,5H2,1H3,(H,18,19). The molecule has 0 saturated heterocycles. The summed E-state index contributed by atoms with van der Waals surface area (Å²) >= 11 is 1.09. The van der Waals surface area contributed by atoms with E-state index in [9.17, 15) is 18.0 Å². The van der Waals surface area contributed by atoms with Gasteiger partial charge >= 0.3 is 12.1 Å². The zero-order chi connectivity index (χ0) is 15.6. The number of hydrogen-bond acceptors (Lipinski definition) is 4. The smallest absolute Gasteiger partial charge is 0.419 e. The molecule has 0 aliphatic rings. The summed E-state index contributed by atoms with van der Waals surface area (Å²) in [6.45, 7) is 0. The quantitative estimate of drug-likeness (QED) is 0.938. The lowest BCUT2D eigenvalue weighted by Gasteiger charge is -2.12. The molecule has 4 nitrogen and oxygen atoms in total. The van der Waals surface area contributed by atoms with Crippen molar-refractivity contribution in [1.82, 2.24) is 4.98 Å². The Morgan fingerprint density at radius 3 is 2.71 bits per heavy atom. The van der Waals surface area contributed by atoms with Gasteiger partial charge in [-0.2, -0.15) is 13.2 Å². The number of methoxy groups -OCH3 is 1. The van der Waals surface area contributed by atoms with Gasteiger partial charge in [0.25, 0.3) is 0 Å². The molecule has 0 fully saturated rings. The average molecular weight is 317 g/mol. The minimum Gasteiger partial charge on any atom is -0.496 e. The van der Waals surface area contributed by atoms with Crippen LogP contribution < -0.4 is 4.74 Å². The predicted molar refractivity (Wildman–Crippen MR) is 70.4 cm³/mol. The fourth-order valence-electron chi connectivity index (χ4n) is 1.74. The van der Waals surface area contributed by atoms with Gasteiger partial charge in [0.15, 0.2) is 0 Å². The summed E-state index contributed by atoms with van der Waals surface area (Å²) in [4.78, 5) is 14.6. The Balaban J connectivity index is 2.41. The molecule has 1 aromatic heterocycles. The van der Waals surface area contributed by atoms with E-state index in [1.165, 1.54) is 24.6 Å². The predicted octanol–water partition coefficient (Wildman–Crippen LogP) is 3.46. The minimum atomic E-state index is -4.54. The first-order valence-corrected chi connectivity index (χ1v) is 6.61. The van der Waals surface area contributed by atoms with Gasteiger partial charge in [-0.05, 0) is 18.2 Å². The highest BCUT2D eigenvalue weighted by Crippen LogP contribution is 2.39. The number of carbonyl (C=O) groups is 1. The first kappa shape index (κ1) is 15.3. The van der Waals surface area contributed by atoms with Crippen molar-refractivity contribution in [1.29, 1.82) is 0 Å². The lowest BCUT2D eigenvalue weighted by Crippen LogP contribution is -2.07. The van der Waals surface area contributed by atoms with Crippen molar-refractivity contribution in [3.63, 3.8) is 0 Å². The van der Waals surface area contributed by atoms with Gasteiger partial charge in [-0.3, -0.25) is 4.79 Å². The SMILES string of the molecule is COc1ccc(-c2nc(CC(=O)O)cs2)cc1C(F)(F)F. The third-order valence-corrected chi connectivity index (χ3v) is 3.58. The molecule has 21 heavy (non-hydrogen) atoms. The van der Waals surface area contributed by atoms with E-state index in [4.69, 9.17) is 9.84 Å². The van der Waals surface area contributed by atoms with Gasteiger partial charge in [0.2, 0.25) is 0 Å². The van der Waals surface area contributed by atoms with Crippen molar-refractivity contribution >= 4 is 17.3 Å². The molecule has 1 N–H and O–H groups in total. The van der Waals surface area contributed by atoms with Crippen LogP contribution in [0.1, 0.15) is 11.3 Å². The van der Waals surface area contributed by atoms with Crippen molar-refractivity contribution in [2.45, 2.75) is 12.6 Å². The molecule has 0 amide bonds. The van der Waals surface area contributed by atoms with Gasteiger partial charge in [0.05, 0.1) is 24.8 Å². The van der Waals surface area contributed by atoms with Gasteiger partial charge in [0, 0.05) is 10.9 Å². The highest BCUT2D eigenvalue weighted by atomic mass is 32.1. The van der Waals surface area contributed by atoms with Crippen LogP contribution in [0.5, 0.6) is 5.75 Å². The van der Waals surface area contributed by atoms with E-state index in [2.05, 4.69) is 4.98 Å². The van der Waals surface area contributed by atoms with E-state index in [0.717, 1.165) is 17.4 Å². The van der Waals surface area contributed by atoms with Crippen molar-refractivity contribution < 1.29 is 27.8 Å². The first-order valence-electron chi connectivity index (χ1n) is 5.73. The fourth-order valence-corrected chi connectivity index (χ4v) is 2.55. The molecule has 0 aliphatic carbocycles. The highest BCUT2D eigenvalue weighted by Gasteiger charge is 2.34. The summed E-state index contributed by atoms with van der Waals surface area (Å²) in [6.07, 6.45) is -4.80. The summed E-state index contributed by atoms with van der Waals surface area (Å²) in [5, 5.41) is 10.5. The number of hydrogen-bond donors (Lipinski definition) is 1. The highest BCUT2D eigenvalue weighted by molar-refractivity contribution is 7.13. The molecule has 2 aromatic rings. The Bertz CT molecular complexity index is 667. The number of benzene rings is 1. The number of rotatable bonds is 4. The Kier molecular flexibility index (Phi) is 4.17. The molecule has 0 bridgehead atoms. The number of ether oxygens (including phenoxy) is 1. The first-order chi connectivity index (χ1) is 9.81. The monoisotopic (exact) mass is 317 g/mol. The maximum absolute atomic E-state index is 12.9. The minimum absolute atomic E-state index is 0.265. The summed E-state index contributed by atoms with van der Waals surface area (Å²) < 4.78 is 43.5. The normalized spacial score (nSPS) is 11.4. The van der Waals surface area contributed by atoms with Crippen LogP contribution in [0.4, 0.5) is 13.2 Å². The molecular weight excluding hydrogens is 307 g/mol. The van der Waals surface area contributed by atoms with Crippen LogP contribution >= 0.6 is 11.3 Å². The average Bonchev–Trinajstić information content (AvgIpc) is 2.84. The molecule has 0 spiro atoms. The van der Waals surface area contributed by atoms with E-state index >= 15 is 0 Å². The summed E-state index contributed by atoms with van der Waals surface area (Å²) in [5.41, 5.74) is -0.311. The molecule has 1 heterocycles. The summed E-state index contributed by atoms with van der Waals surface area (Å²) in [5.74, 6) is -1.31. The van der Waals surface area contributed by atoms with E-state index < -0.39 is 17.7 Å². The maximum Gasteiger partial charge on any atom is 0.419 e. The largest absolute Gasteiger partial charge is 0.496 e. The second kappa shape index (κ2) is 5.72. The molecule has 0 aliphatic heterocycles. The van der Waals surface area contributed by atoms with Gasteiger partial charge in [-0.15, -0.1) is 11.3 Å². The van der Waals surface area contributed by atoms with Gasteiger partial charge in [-0.1, -0.05) is 0 Å². The van der Waals surface area contributed by atoms with Crippen LogP contribution in [-0.2, 0) is 17.4 Å². The maximum atomic E-state index is 12.9. The lowest BCUT2D eigenvalue weighted by molar-refractivity contribution is -0.139. The van der Waals surface area contributed by atoms with Gasteiger partial charge in [-0.25, -0.2) is 4.98 Å². The molecule has 8 heteroatoms. The third-order valence-electron chi connectivity index (χ3n) is 2.64. The molecule has 0 unspecified atom stereocenters. The zero-order valence-corrected chi connectivity index (χ0v) is 11.6. The summed E-state index contributed by atoms with van der Waals surface area (Å²) in [6, 6.07) is 3.62. The van der Waals surface area contributed by atoms with Crippen molar-refractivity contribution in [3.8, 4) is 16.3 Å². The molecule has 0 saturated carbocycles. The molecular formula is C13H10F3NO3S. The number of thiazole rings is 1. The Labute approximate surface area is 121 Å². The third kappa shape index (κ3) is 3.52. The number of nitrogens with zero attached hydrogens (tertiary/aromatic N) is 1. The van der Waals surface area contributed by atoms with Crippen LogP contribution in [0.15, 0.2) is 23.6 Å². The number of aromatic nitrogens is 1. The molecule has 2 rings (SSSR count). The number of carboxylic acids is 1. The van der Waals surface area contributed by atoms with Crippen LogP contribution in [-0.4, -0.2) is 23.2 Å². The van der Waals surface area contributed by atoms with Gasteiger partial charge < -0.3 is 9.84 Å². The van der Waals surface area contributed by atoms with Crippen LogP contribution in [0.3, 0.4) is 0 Å². The number of alkyl halides is 3. The Hall–Kier alpha value is -2.09. The van der Waals surface area contributed by atoms with E-state index in [-0.39, 0.29) is 17.7 Å². The molecule has 0 radical (unpaired) electrons. The van der Waals surface area contributed by atoms with E-state index in [1.807, 2.05) is 0 Å². The van der Waals surface area contributed by atoms with Crippen LogP contribution in [0, 0.1) is 0 Å². The topological polar surface area (TPSA) is 59.4 Å². The zero-order valence-electron chi connectivity index (χ0n) is 10.8. The second-order valence-electron chi connectivity index (χ2n) is 4.13. The number of aliphatic carboxylic acids is 1. The molecule has 112 valence electrons. The fraction of sp³-hybridized carbons (Fsp3) is 0.231. The van der Waals surface area contributed by atoms with Crippen molar-refractivity contribution in [3.05, 3.63) is 34.8 Å². The number of halogens is 3. The molecule has 1 aromatic carbocycles. The number of carboxylic acid groups (broad SMARTS) is 1. The van der Waals surface area contributed by atoms with Gasteiger partial charge in [0.1, 0.15) is 10.8 Å². The molecule has 0 atom stereocenters.